The van der Waals surface area contributed by atoms with Crippen LogP contribution in [0.4, 0.5) is 0 Å². The van der Waals surface area contributed by atoms with Crippen molar-refractivity contribution in [3.05, 3.63) is 0 Å². The fraction of sp³-hybridized carbons (Fsp3) is 1.00. The molecule has 0 aliphatic heterocycles. The molecule has 5 heavy (non-hydrogen) atoms. The third kappa shape index (κ3) is 4110. The van der Waals surface area contributed by atoms with Crippen LogP contribution < -0.4 is 0 Å². The van der Waals surface area contributed by atoms with Crippen molar-refractivity contribution in [2.45, 2.75) is 28.5 Å². The molecule has 0 amide bonds. The van der Waals surface area contributed by atoms with Crippen LogP contribution in [0.1, 0.15) is 14.9 Å². The van der Waals surface area contributed by atoms with E-state index in [-0.39, 0.29) is 14.9 Å². The van der Waals surface area contributed by atoms with Crippen molar-refractivity contribution in [2.75, 3.05) is 0 Å². The van der Waals surface area contributed by atoms with Gasteiger partial charge in [-0.1, -0.05) is 14.9 Å². The average molecular weight is 75.0 g/mol. The minimum Gasteiger partial charge on any atom is -0.196 e. The Bertz CT molecular complexity index is 3.61. The van der Waals surface area contributed by atoms with E-state index in [1.165, 1.54) is 0 Å². The Morgan fingerprint density at radius 1 is 1.00 bits per heavy atom. The van der Waals surface area contributed by atoms with E-state index in [0.29, 0.717) is 7.28 Å². The van der Waals surface area contributed by atoms with Crippen molar-refractivity contribution in [1.29, 1.82) is 0 Å². The standard InChI is InChI=1S/C2H8B.2CH4/c1-3-2;;/h3H2,1-2H3;2*1H4/q-1;;. The van der Waals surface area contributed by atoms with Gasteiger partial charge in [0, 0.05) is 0 Å². The summed E-state index contributed by atoms with van der Waals surface area (Å²) in [7, 11) is 0.500. The SMILES string of the molecule is C.C.C[BH2-]C. The summed E-state index contributed by atoms with van der Waals surface area (Å²) in [6.45, 7) is 4.50. The van der Waals surface area contributed by atoms with Crippen LogP contribution in [0.2, 0.25) is 13.6 Å². The molecule has 0 aromatic rings. The van der Waals surface area contributed by atoms with Gasteiger partial charge in [0.25, 0.3) is 0 Å². The summed E-state index contributed by atoms with van der Waals surface area (Å²) in [6, 6.07) is 0. The molecule has 0 N–H and O–H groups in total. The Morgan fingerprint density at radius 3 is 1.00 bits per heavy atom. The lowest BCUT2D eigenvalue weighted by molar-refractivity contribution is 2.14. The Kier molecular flexibility index (Phi) is 132. The number of rotatable bonds is 0. The monoisotopic (exact) mass is 75.1 g/mol. The molecular formula is C4H16B-. The minimum atomic E-state index is 0. The lowest BCUT2D eigenvalue weighted by atomic mass is 9.88. The molecule has 0 saturated carbocycles. The van der Waals surface area contributed by atoms with Crippen LogP contribution in [0.25, 0.3) is 0 Å². The van der Waals surface area contributed by atoms with Crippen molar-refractivity contribution >= 4 is 7.28 Å². The van der Waals surface area contributed by atoms with E-state index in [2.05, 4.69) is 13.6 Å². The molecule has 0 spiro atoms. The van der Waals surface area contributed by atoms with Gasteiger partial charge in [0.2, 0.25) is 0 Å². The molecule has 36 valence electrons. The van der Waals surface area contributed by atoms with Crippen LogP contribution in [0.3, 0.4) is 0 Å². The molecule has 0 aromatic heterocycles. The van der Waals surface area contributed by atoms with Crippen molar-refractivity contribution in [2.24, 2.45) is 0 Å². The third-order valence-corrected chi connectivity index (χ3v) is 0. The lowest BCUT2D eigenvalue weighted by Crippen LogP contribution is -1.53. The van der Waals surface area contributed by atoms with Crippen LogP contribution in [0.15, 0.2) is 0 Å². The summed E-state index contributed by atoms with van der Waals surface area (Å²) in [5.41, 5.74) is 0. The van der Waals surface area contributed by atoms with Gasteiger partial charge in [-0.25, -0.2) is 0 Å². The molecule has 0 aliphatic rings. The van der Waals surface area contributed by atoms with Gasteiger partial charge in [0.1, 0.15) is 0 Å². The fourth-order valence-electron chi connectivity index (χ4n) is 0. The second kappa shape index (κ2) is 33.7. The molecule has 0 unspecified atom stereocenters. The van der Waals surface area contributed by atoms with Gasteiger partial charge in [-0.3, -0.25) is 0 Å². The van der Waals surface area contributed by atoms with Gasteiger partial charge in [-0.15, -0.1) is 0 Å². The highest BCUT2D eigenvalue weighted by atomic mass is 12.9. The maximum absolute atomic E-state index is 2.25. The third-order valence-electron chi connectivity index (χ3n) is 0. The van der Waals surface area contributed by atoms with Crippen LogP contribution >= 0.6 is 0 Å². The number of hydrogen-bond acceptors (Lipinski definition) is 0. The fourth-order valence-corrected chi connectivity index (χ4v) is 0. The predicted octanol–water partition coefficient (Wildman–Crippen LogP) is 1.52. The second-order valence-electron chi connectivity index (χ2n) is 1.00. The van der Waals surface area contributed by atoms with E-state index in [9.17, 15) is 0 Å². The molecule has 0 heterocycles. The summed E-state index contributed by atoms with van der Waals surface area (Å²) in [5, 5.41) is 0. The smallest absolute Gasteiger partial charge is 0.0387 e. The van der Waals surface area contributed by atoms with Crippen LogP contribution in [0, 0.1) is 0 Å². The van der Waals surface area contributed by atoms with Crippen LogP contribution in [-0.4, -0.2) is 7.28 Å². The van der Waals surface area contributed by atoms with E-state index in [1.54, 1.807) is 0 Å². The summed E-state index contributed by atoms with van der Waals surface area (Å²) in [6.07, 6.45) is 0. The molecule has 0 fully saturated rings. The molecular weight excluding hydrogens is 58.9 g/mol. The highest BCUT2D eigenvalue weighted by Gasteiger charge is 1.30. The molecule has 0 saturated heterocycles. The Hall–Kier alpha value is 0.0649. The highest BCUT2D eigenvalue weighted by molar-refractivity contribution is 6.31. The Balaban J connectivity index is -0.0000000200. The topological polar surface area (TPSA) is 0 Å². The number of hydrogen-bond donors (Lipinski definition) is 0. The quantitative estimate of drug-likeness (QED) is 0.383. The highest BCUT2D eigenvalue weighted by Crippen LogP contribution is 1.36. The van der Waals surface area contributed by atoms with Crippen molar-refractivity contribution in [3.63, 3.8) is 0 Å². The zero-order chi connectivity index (χ0) is 2.71. The second-order valence-corrected chi connectivity index (χ2v) is 1.00. The summed E-state index contributed by atoms with van der Waals surface area (Å²) >= 11 is 0. The van der Waals surface area contributed by atoms with Crippen molar-refractivity contribution in [1.82, 2.24) is 0 Å². The largest absolute Gasteiger partial charge is 0.196 e. The Labute approximate surface area is 36.8 Å². The van der Waals surface area contributed by atoms with Crippen molar-refractivity contribution in [3.8, 4) is 0 Å². The maximum atomic E-state index is 2.25. The lowest BCUT2D eigenvalue weighted by Gasteiger charge is -1.53. The van der Waals surface area contributed by atoms with Gasteiger partial charge >= 0.3 is 0 Å². The van der Waals surface area contributed by atoms with Crippen molar-refractivity contribution < 1.29 is 0 Å². The first-order chi connectivity index (χ1) is 1.41. The molecule has 1 heteroatoms. The first-order valence-corrected chi connectivity index (χ1v) is 2.00. The Morgan fingerprint density at radius 2 is 1.00 bits per heavy atom. The zero-order valence-electron chi connectivity index (χ0n) is 3.00. The van der Waals surface area contributed by atoms with Gasteiger partial charge in [-0.05, 0) is 7.28 Å². The average Bonchev–Trinajstić information content (AvgIpc) is 0.918. The zero-order valence-corrected chi connectivity index (χ0v) is 3.00. The van der Waals surface area contributed by atoms with Gasteiger partial charge < -0.3 is 0 Å². The molecule has 0 aliphatic carbocycles. The molecule has 0 rings (SSSR count). The first kappa shape index (κ1) is 19.6. The molecule has 0 aromatic carbocycles. The molecule has 0 nitrogen and oxygen atoms in total. The summed E-state index contributed by atoms with van der Waals surface area (Å²) < 4.78 is 0. The normalized spacial score (nSPS) is 3.60. The first-order valence-electron chi connectivity index (χ1n) is 2.00. The summed E-state index contributed by atoms with van der Waals surface area (Å²) in [4.78, 5) is 0. The predicted molar refractivity (Wildman–Crippen MR) is 33.7 cm³/mol. The van der Waals surface area contributed by atoms with Crippen LogP contribution in [0.5, 0.6) is 0 Å². The van der Waals surface area contributed by atoms with E-state index < -0.39 is 0 Å². The summed E-state index contributed by atoms with van der Waals surface area (Å²) in [5.74, 6) is 0. The van der Waals surface area contributed by atoms with Gasteiger partial charge in [-0.2, -0.15) is 13.6 Å². The molecule has 0 bridgehead atoms. The van der Waals surface area contributed by atoms with E-state index in [4.69, 9.17) is 0 Å². The van der Waals surface area contributed by atoms with E-state index in [1.807, 2.05) is 0 Å². The molecule has 0 radical (unpaired) electrons. The maximum Gasteiger partial charge on any atom is -0.0387 e. The molecule has 0 atom stereocenters. The van der Waals surface area contributed by atoms with E-state index >= 15 is 0 Å². The van der Waals surface area contributed by atoms with E-state index in [0.717, 1.165) is 0 Å². The van der Waals surface area contributed by atoms with Crippen LogP contribution in [-0.2, 0) is 0 Å². The minimum absolute atomic E-state index is 0. The van der Waals surface area contributed by atoms with Gasteiger partial charge in [0.15, 0.2) is 0 Å². The van der Waals surface area contributed by atoms with Gasteiger partial charge in [0.05, 0.1) is 0 Å².